The Balaban J connectivity index is 1.67. The second-order valence-electron chi connectivity index (χ2n) is 9.83. The highest BCUT2D eigenvalue weighted by Gasteiger charge is 2.63. The fraction of sp³-hybridized carbons (Fsp3) is 0.905. The minimum absolute atomic E-state index is 0.151. The predicted octanol–water partition coefficient (Wildman–Crippen LogP) is 3.09. The zero-order valence-electron chi connectivity index (χ0n) is 15.5. The number of aliphatic hydroxyl groups is 2. The Morgan fingerprint density at radius 2 is 1.80 bits per heavy atom. The minimum atomic E-state index is -1.90. The summed E-state index contributed by atoms with van der Waals surface area (Å²) in [6.45, 7) is 4.43. The molecule has 25 heavy (non-hydrogen) atoms. The Kier molecular flexibility index (Phi) is 4.16. The first-order valence-corrected chi connectivity index (χ1v) is 10.2. The number of rotatable bonds is 2. The van der Waals surface area contributed by atoms with Gasteiger partial charge in [-0.1, -0.05) is 26.7 Å². The number of carbonyl (C=O) groups excluding carboxylic acids is 2. The first-order chi connectivity index (χ1) is 11.8. The van der Waals surface area contributed by atoms with Gasteiger partial charge in [-0.05, 0) is 67.1 Å². The summed E-state index contributed by atoms with van der Waals surface area (Å²) in [6, 6.07) is 0. The molecular formula is C21H32O4. The maximum Gasteiger partial charge on any atom is 0.213 e. The molecule has 0 aliphatic heterocycles. The number of aliphatic hydroxyl groups excluding tert-OH is 1. The molecule has 4 heteroatoms. The highest BCUT2D eigenvalue weighted by Crippen LogP contribution is 2.66. The lowest BCUT2D eigenvalue weighted by atomic mass is 9.44. The van der Waals surface area contributed by atoms with Gasteiger partial charge in [-0.3, -0.25) is 9.59 Å². The van der Waals surface area contributed by atoms with Crippen LogP contribution in [-0.2, 0) is 9.59 Å². The third kappa shape index (κ3) is 2.39. The molecule has 0 aromatic rings. The molecule has 4 nitrogen and oxygen atoms in total. The van der Waals surface area contributed by atoms with E-state index in [1.54, 1.807) is 0 Å². The number of Topliss-reactive ketones (excluding diaryl/α,β-unsaturated/α-hetero) is 2. The van der Waals surface area contributed by atoms with Crippen LogP contribution >= 0.6 is 0 Å². The van der Waals surface area contributed by atoms with Crippen molar-refractivity contribution in [3.8, 4) is 0 Å². The molecule has 0 spiro atoms. The molecule has 0 unspecified atom stereocenters. The Hall–Kier alpha value is -0.740. The van der Waals surface area contributed by atoms with Crippen molar-refractivity contribution in [2.24, 2.45) is 40.4 Å². The summed E-state index contributed by atoms with van der Waals surface area (Å²) >= 11 is 0. The van der Waals surface area contributed by atoms with Gasteiger partial charge in [0.05, 0.1) is 0 Å². The van der Waals surface area contributed by atoms with E-state index in [1.807, 2.05) is 0 Å². The summed E-state index contributed by atoms with van der Waals surface area (Å²) in [7, 11) is 0. The van der Waals surface area contributed by atoms with Gasteiger partial charge in [0, 0.05) is 18.3 Å². The van der Waals surface area contributed by atoms with Crippen molar-refractivity contribution in [3.63, 3.8) is 0 Å². The number of ketones is 2. The zero-order chi connectivity index (χ0) is 18.0. The normalized spacial score (nSPS) is 49.5. The van der Waals surface area contributed by atoms with Gasteiger partial charge < -0.3 is 10.2 Å². The van der Waals surface area contributed by atoms with Gasteiger partial charge in [-0.15, -0.1) is 0 Å². The van der Waals surface area contributed by atoms with Crippen LogP contribution in [-0.4, -0.2) is 28.1 Å². The fourth-order valence-corrected chi connectivity index (χ4v) is 7.76. The number of carbonyl (C=O) groups is 2. The molecule has 0 aromatic carbocycles. The van der Waals surface area contributed by atoms with Crippen LogP contribution in [0.3, 0.4) is 0 Å². The third-order valence-corrected chi connectivity index (χ3v) is 8.86. The highest BCUT2D eigenvalue weighted by atomic mass is 16.5. The molecule has 2 N–H and O–H groups in total. The quantitative estimate of drug-likeness (QED) is 0.752. The van der Waals surface area contributed by atoms with Crippen LogP contribution in [0.1, 0.15) is 71.6 Å². The molecule has 4 rings (SSSR count). The maximum absolute atomic E-state index is 13.3. The lowest BCUT2D eigenvalue weighted by Gasteiger charge is -2.59. The summed E-state index contributed by atoms with van der Waals surface area (Å²) in [6.07, 6.45) is 7.52. The minimum Gasteiger partial charge on any atom is -0.362 e. The van der Waals surface area contributed by atoms with Gasteiger partial charge in [0.15, 0.2) is 5.78 Å². The van der Waals surface area contributed by atoms with E-state index in [9.17, 15) is 19.8 Å². The molecule has 4 aliphatic carbocycles. The van der Waals surface area contributed by atoms with E-state index in [0.717, 1.165) is 12.8 Å². The molecular weight excluding hydrogens is 316 g/mol. The highest BCUT2D eigenvalue weighted by molar-refractivity contribution is 5.88. The molecule has 0 saturated heterocycles. The summed E-state index contributed by atoms with van der Waals surface area (Å²) < 4.78 is 0. The van der Waals surface area contributed by atoms with Gasteiger partial charge in [-0.2, -0.15) is 0 Å². The topological polar surface area (TPSA) is 74.6 Å². The zero-order valence-corrected chi connectivity index (χ0v) is 15.5. The number of fused-ring (bicyclic) bond motifs is 5. The van der Waals surface area contributed by atoms with Crippen molar-refractivity contribution in [1.82, 2.24) is 0 Å². The molecule has 0 amide bonds. The lowest BCUT2D eigenvalue weighted by Crippen LogP contribution is -2.57. The summed E-state index contributed by atoms with van der Waals surface area (Å²) in [5.41, 5.74) is -0.227. The predicted molar refractivity (Wildman–Crippen MR) is 93.5 cm³/mol. The maximum atomic E-state index is 13.3. The average Bonchev–Trinajstić information content (AvgIpc) is 2.89. The summed E-state index contributed by atoms with van der Waals surface area (Å²) in [4.78, 5) is 25.7. The van der Waals surface area contributed by atoms with Crippen molar-refractivity contribution in [3.05, 3.63) is 0 Å². The van der Waals surface area contributed by atoms with E-state index < -0.39 is 12.1 Å². The average molecular weight is 348 g/mol. The smallest absolute Gasteiger partial charge is 0.213 e. The number of hydrogen-bond acceptors (Lipinski definition) is 4. The van der Waals surface area contributed by atoms with Crippen LogP contribution in [0.15, 0.2) is 0 Å². The van der Waals surface area contributed by atoms with Gasteiger partial charge in [0.25, 0.3) is 0 Å². The summed E-state index contributed by atoms with van der Waals surface area (Å²) in [5.74, 6) is 1.12. The number of hydrogen-bond donors (Lipinski definition) is 2. The molecule has 0 bridgehead atoms. The Bertz CT molecular complexity index is 584. The van der Waals surface area contributed by atoms with Crippen molar-refractivity contribution >= 4 is 11.6 Å². The van der Waals surface area contributed by atoms with Crippen LogP contribution in [0, 0.1) is 40.4 Å². The van der Waals surface area contributed by atoms with Crippen LogP contribution in [0.25, 0.3) is 0 Å². The summed E-state index contributed by atoms with van der Waals surface area (Å²) in [5, 5.41) is 18.8. The Labute approximate surface area is 150 Å². The van der Waals surface area contributed by atoms with Gasteiger partial charge in [0.2, 0.25) is 6.29 Å². The second kappa shape index (κ2) is 5.88. The van der Waals surface area contributed by atoms with E-state index >= 15 is 0 Å². The van der Waals surface area contributed by atoms with Crippen LogP contribution in [0.2, 0.25) is 0 Å². The first kappa shape index (κ1) is 17.7. The van der Waals surface area contributed by atoms with Gasteiger partial charge in [0.1, 0.15) is 5.78 Å². The standard InChI is InChI=1S/C21H32O4/c1-20-10-4-3-5-12(20)6-7-13-14-8-9-15(18(23)19(24)25)21(14,2)11-16(22)17(13)20/h12-15,17,19,24-25H,3-11H2,1-2H3/t12-,13+,14+,15-,17-,20+,21+/m1/s1. The largest absolute Gasteiger partial charge is 0.362 e. The van der Waals surface area contributed by atoms with Crippen molar-refractivity contribution in [2.45, 2.75) is 77.9 Å². The van der Waals surface area contributed by atoms with E-state index in [0.29, 0.717) is 36.4 Å². The SMILES string of the molecule is C[C@]12CCCC[C@@H]1CC[C@H]1[C@@H]3CC[C@H](C(=O)C(O)O)[C@@]3(C)CC(=O)[C@@H]12. The lowest BCUT2D eigenvalue weighted by molar-refractivity contribution is -0.165. The molecule has 0 heterocycles. The van der Waals surface area contributed by atoms with Gasteiger partial charge >= 0.3 is 0 Å². The van der Waals surface area contributed by atoms with Crippen molar-refractivity contribution in [2.75, 3.05) is 0 Å². The van der Waals surface area contributed by atoms with Gasteiger partial charge in [-0.25, -0.2) is 0 Å². The molecule has 0 aromatic heterocycles. The Morgan fingerprint density at radius 1 is 1.04 bits per heavy atom. The third-order valence-electron chi connectivity index (χ3n) is 8.86. The van der Waals surface area contributed by atoms with Crippen molar-refractivity contribution in [1.29, 1.82) is 0 Å². The Morgan fingerprint density at radius 3 is 2.52 bits per heavy atom. The molecule has 4 fully saturated rings. The molecule has 140 valence electrons. The van der Waals surface area contributed by atoms with E-state index in [4.69, 9.17) is 0 Å². The molecule has 7 atom stereocenters. The van der Waals surface area contributed by atoms with E-state index in [1.165, 1.54) is 32.1 Å². The fourth-order valence-electron chi connectivity index (χ4n) is 7.76. The van der Waals surface area contributed by atoms with Crippen LogP contribution in [0.4, 0.5) is 0 Å². The van der Waals surface area contributed by atoms with E-state index in [2.05, 4.69) is 13.8 Å². The molecule has 4 saturated carbocycles. The van der Waals surface area contributed by atoms with E-state index in [-0.39, 0.29) is 22.7 Å². The first-order valence-electron chi connectivity index (χ1n) is 10.2. The van der Waals surface area contributed by atoms with Crippen molar-refractivity contribution < 1.29 is 19.8 Å². The van der Waals surface area contributed by atoms with Crippen LogP contribution in [0.5, 0.6) is 0 Å². The monoisotopic (exact) mass is 348 g/mol. The molecule has 0 radical (unpaired) electrons. The molecule has 4 aliphatic rings. The second-order valence-corrected chi connectivity index (χ2v) is 9.83. The van der Waals surface area contributed by atoms with Crippen LogP contribution < -0.4 is 0 Å².